The van der Waals surface area contributed by atoms with Crippen LogP contribution in [0.5, 0.6) is 0 Å². The molecule has 0 amide bonds. The van der Waals surface area contributed by atoms with Gasteiger partial charge in [0.1, 0.15) is 17.6 Å². The lowest BCUT2D eigenvalue weighted by atomic mass is 9.89. The second-order valence-corrected chi connectivity index (χ2v) is 10.6. The van der Waals surface area contributed by atoms with Gasteiger partial charge >= 0.3 is 7.82 Å². The van der Waals surface area contributed by atoms with Gasteiger partial charge in [0, 0.05) is 16.1 Å². The maximum absolute atomic E-state index is 11.9. The Morgan fingerprint density at radius 1 is 1.12 bits per heavy atom. The van der Waals surface area contributed by atoms with E-state index in [1.807, 2.05) is 13.1 Å². The third-order valence-electron chi connectivity index (χ3n) is 6.00. The van der Waals surface area contributed by atoms with Crippen LogP contribution in [0.15, 0.2) is 22.8 Å². The highest BCUT2D eigenvalue weighted by Crippen LogP contribution is 2.48. The van der Waals surface area contributed by atoms with Crippen molar-refractivity contribution < 1.29 is 18.9 Å². The van der Waals surface area contributed by atoms with E-state index < -0.39 is 13.9 Å². The molecule has 10 heteroatoms. The van der Waals surface area contributed by atoms with Crippen LogP contribution in [0.1, 0.15) is 47.2 Å². The summed E-state index contributed by atoms with van der Waals surface area (Å²) in [5.41, 5.74) is 5.41. The Labute approximate surface area is 195 Å². The first kappa shape index (κ1) is 23.5. The van der Waals surface area contributed by atoms with Gasteiger partial charge in [0.15, 0.2) is 0 Å². The van der Waals surface area contributed by atoms with Gasteiger partial charge in [-0.3, -0.25) is 4.52 Å². The lowest BCUT2D eigenvalue weighted by molar-refractivity contribution is 0.0716. The lowest BCUT2D eigenvalue weighted by Gasteiger charge is -2.30. The van der Waals surface area contributed by atoms with Gasteiger partial charge in [-0.1, -0.05) is 15.9 Å². The molecule has 0 aliphatic carbocycles. The molecule has 0 bridgehead atoms. The molecule has 0 spiro atoms. The summed E-state index contributed by atoms with van der Waals surface area (Å²) < 4.78 is 20.4. The molecule has 172 valence electrons. The van der Waals surface area contributed by atoms with Gasteiger partial charge in [0.2, 0.25) is 0 Å². The third-order valence-corrected chi connectivity index (χ3v) is 6.96. The fourth-order valence-electron chi connectivity index (χ4n) is 4.76. The number of halogens is 1. The largest absolute Gasteiger partial charge is 0.470 e. The molecule has 3 aromatic rings. The van der Waals surface area contributed by atoms with E-state index in [-0.39, 0.29) is 5.92 Å². The SMILES string of the molecule is Cc1nc(C(OP(=O)(O)O)C2CCNCC2)c2c(C)cn(-c3c(C)cc(Br)cc3C)c2n1. The molecule has 3 N–H and O–H groups in total. The van der Waals surface area contributed by atoms with Crippen LogP contribution in [-0.4, -0.2) is 37.4 Å². The van der Waals surface area contributed by atoms with Crippen molar-refractivity contribution >= 4 is 34.8 Å². The van der Waals surface area contributed by atoms with E-state index in [1.165, 1.54) is 0 Å². The first-order chi connectivity index (χ1) is 15.0. The average Bonchev–Trinajstić information content (AvgIpc) is 3.01. The normalized spacial score (nSPS) is 16.6. The van der Waals surface area contributed by atoms with Crippen LogP contribution in [0, 0.1) is 33.6 Å². The van der Waals surface area contributed by atoms with Crippen molar-refractivity contribution in [1.82, 2.24) is 19.9 Å². The number of aryl methyl sites for hydroxylation is 4. The highest BCUT2D eigenvalue weighted by molar-refractivity contribution is 9.10. The van der Waals surface area contributed by atoms with Crippen molar-refractivity contribution in [2.24, 2.45) is 5.92 Å². The van der Waals surface area contributed by atoms with E-state index in [9.17, 15) is 14.4 Å². The average molecular weight is 523 g/mol. The Kier molecular flexibility index (Phi) is 6.60. The van der Waals surface area contributed by atoms with Crippen LogP contribution in [-0.2, 0) is 9.09 Å². The summed E-state index contributed by atoms with van der Waals surface area (Å²) >= 11 is 3.56. The zero-order chi connectivity index (χ0) is 23.2. The highest BCUT2D eigenvalue weighted by Gasteiger charge is 2.35. The Hall–Kier alpha value is -1.61. The molecule has 1 aliphatic heterocycles. The van der Waals surface area contributed by atoms with Gasteiger partial charge in [0.05, 0.1) is 11.4 Å². The predicted molar refractivity (Wildman–Crippen MR) is 127 cm³/mol. The number of phosphoric acid groups is 1. The van der Waals surface area contributed by atoms with Crippen molar-refractivity contribution in [2.45, 2.75) is 46.6 Å². The minimum Gasteiger partial charge on any atom is -0.317 e. The second-order valence-electron chi connectivity index (χ2n) is 8.53. The number of nitrogens with zero attached hydrogens (tertiary/aromatic N) is 3. The maximum Gasteiger partial charge on any atom is 0.470 e. The van der Waals surface area contributed by atoms with E-state index >= 15 is 0 Å². The molecule has 2 aromatic heterocycles. The van der Waals surface area contributed by atoms with Crippen molar-refractivity contribution in [3.8, 4) is 5.69 Å². The minimum absolute atomic E-state index is 0.0553. The van der Waals surface area contributed by atoms with Crippen molar-refractivity contribution in [3.05, 3.63) is 51.0 Å². The molecular weight excluding hydrogens is 495 g/mol. The maximum atomic E-state index is 11.9. The Morgan fingerprint density at radius 3 is 2.34 bits per heavy atom. The van der Waals surface area contributed by atoms with Gasteiger partial charge in [-0.25, -0.2) is 14.5 Å². The van der Waals surface area contributed by atoms with Gasteiger partial charge in [-0.05, 0) is 88.4 Å². The number of benzene rings is 1. The molecule has 0 radical (unpaired) electrons. The first-order valence-corrected chi connectivity index (χ1v) is 13.0. The summed E-state index contributed by atoms with van der Waals surface area (Å²) in [6.07, 6.45) is 2.70. The summed E-state index contributed by atoms with van der Waals surface area (Å²) in [6, 6.07) is 4.13. The van der Waals surface area contributed by atoms with E-state index in [2.05, 4.69) is 56.8 Å². The Balaban J connectivity index is 1.96. The number of nitrogens with one attached hydrogen (secondary N) is 1. The van der Waals surface area contributed by atoms with Gasteiger partial charge < -0.3 is 19.7 Å². The van der Waals surface area contributed by atoms with Crippen LogP contribution >= 0.6 is 23.8 Å². The smallest absolute Gasteiger partial charge is 0.317 e. The number of rotatable bonds is 5. The van der Waals surface area contributed by atoms with E-state index in [0.717, 1.165) is 58.2 Å². The topological polar surface area (TPSA) is 110 Å². The number of aromatic nitrogens is 3. The van der Waals surface area contributed by atoms with Crippen LogP contribution < -0.4 is 5.32 Å². The summed E-state index contributed by atoms with van der Waals surface area (Å²) in [4.78, 5) is 28.8. The third kappa shape index (κ3) is 4.69. The Morgan fingerprint density at radius 2 is 1.75 bits per heavy atom. The number of phosphoric ester groups is 1. The van der Waals surface area contributed by atoms with Crippen molar-refractivity contribution in [2.75, 3.05) is 13.1 Å². The molecule has 1 aliphatic rings. The molecular formula is C22H28BrN4O4P. The first-order valence-electron chi connectivity index (χ1n) is 10.6. The zero-order valence-electron chi connectivity index (χ0n) is 18.6. The molecule has 32 heavy (non-hydrogen) atoms. The highest BCUT2D eigenvalue weighted by atomic mass is 79.9. The molecule has 3 heterocycles. The van der Waals surface area contributed by atoms with Crippen LogP contribution in [0.4, 0.5) is 0 Å². The van der Waals surface area contributed by atoms with Crippen molar-refractivity contribution in [1.29, 1.82) is 0 Å². The fourth-order valence-corrected chi connectivity index (χ4v) is 6.02. The van der Waals surface area contributed by atoms with E-state index in [1.54, 1.807) is 6.92 Å². The summed E-state index contributed by atoms with van der Waals surface area (Å²) in [7, 11) is -4.73. The molecule has 0 saturated carbocycles. The predicted octanol–water partition coefficient (Wildman–Crippen LogP) is 4.57. The minimum atomic E-state index is -4.73. The summed E-state index contributed by atoms with van der Waals surface area (Å²) in [5.74, 6) is 0.479. The van der Waals surface area contributed by atoms with Gasteiger partial charge in [-0.2, -0.15) is 0 Å². The molecule has 1 saturated heterocycles. The van der Waals surface area contributed by atoms with E-state index in [0.29, 0.717) is 17.2 Å². The molecule has 1 aromatic carbocycles. The molecule has 8 nitrogen and oxygen atoms in total. The quantitative estimate of drug-likeness (QED) is 0.421. The fraction of sp³-hybridized carbons (Fsp3) is 0.455. The zero-order valence-corrected chi connectivity index (χ0v) is 21.1. The number of hydrogen-bond donors (Lipinski definition) is 3. The van der Waals surface area contributed by atoms with E-state index in [4.69, 9.17) is 9.51 Å². The molecule has 1 fully saturated rings. The summed E-state index contributed by atoms with van der Waals surface area (Å²) in [6.45, 7) is 9.43. The van der Waals surface area contributed by atoms with Crippen LogP contribution in [0.25, 0.3) is 16.7 Å². The Bertz CT molecular complexity index is 1190. The summed E-state index contributed by atoms with van der Waals surface area (Å²) in [5, 5.41) is 4.08. The number of piperidine rings is 1. The number of fused-ring (bicyclic) bond motifs is 1. The van der Waals surface area contributed by atoms with Crippen LogP contribution in [0.2, 0.25) is 0 Å². The molecule has 1 unspecified atom stereocenters. The monoisotopic (exact) mass is 522 g/mol. The molecule has 1 atom stereocenters. The van der Waals surface area contributed by atoms with Gasteiger partial charge in [0.25, 0.3) is 0 Å². The van der Waals surface area contributed by atoms with Crippen LogP contribution in [0.3, 0.4) is 0 Å². The number of hydrogen-bond acceptors (Lipinski definition) is 5. The van der Waals surface area contributed by atoms with Gasteiger partial charge in [-0.15, -0.1) is 0 Å². The van der Waals surface area contributed by atoms with Crippen molar-refractivity contribution in [3.63, 3.8) is 0 Å². The second kappa shape index (κ2) is 8.97. The standard InChI is InChI=1S/C22H28BrN4O4P/c1-12-9-17(23)10-13(2)20(12)27-11-14(3)18-19(25-15(4)26-22(18)27)21(31-32(28,29)30)16-5-7-24-8-6-16/h9-11,16,21,24H,5-8H2,1-4H3,(H2,28,29,30). The molecule has 4 rings (SSSR count). The lowest BCUT2D eigenvalue weighted by Crippen LogP contribution is -2.32.